The third-order valence-corrected chi connectivity index (χ3v) is 2.87. The molecule has 105 valence electrons. The van der Waals surface area contributed by atoms with Crippen LogP contribution in [0.2, 0.25) is 5.02 Å². The number of benzene rings is 2. The van der Waals surface area contributed by atoms with Crippen LogP contribution in [0.15, 0.2) is 42.5 Å². The van der Waals surface area contributed by atoms with E-state index in [0.29, 0.717) is 11.4 Å². The Morgan fingerprint density at radius 1 is 1.15 bits per heavy atom. The predicted octanol–water partition coefficient (Wildman–Crippen LogP) is 4.78. The SMILES string of the molecule is FC(F)(F)c1c[c]cc(OCCc2cccc(Cl)c2)c1. The first-order valence-corrected chi connectivity index (χ1v) is 6.28. The maximum Gasteiger partial charge on any atom is 0.416 e. The van der Waals surface area contributed by atoms with Crippen molar-refractivity contribution in [1.29, 1.82) is 0 Å². The van der Waals surface area contributed by atoms with E-state index in [1.54, 1.807) is 12.1 Å². The molecule has 0 heterocycles. The molecule has 0 aliphatic carbocycles. The van der Waals surface area contributed by atoms with E-state index in [4.69, 9.17) is 16.3 Å². The summed E-state index contributed by atoms with van der Waals surface area (Å²) in [5.74, 6) is 0.154. The van der Waals surface area contributed by atoms with Gasteiger partial charge in [0, 0.05) is 11.4 Å². The van der Waals surface area contributed by atoms with E-state index in [9.17, 15) is 13.2 Å². The van der Waals surface area contributed by atoms with E-state index in [1.807, 2.05) is 12.1 Å². The lowest BCUT2D eigenvalue weighted by Crippen LogP contribution is -2.06. The second-order valence-electron chi connectivity index (χ2n) is 4.18. The number of hydrogen-bond acceptors (Lipinski definition) is 1. The average molecular weight is 300 g/mol. The number of ether oxygens (including phenoxy) is 1. The van der Waals surface area contributed by atoms with Crippen LogP contribution in [0.4, 0.5) is 13.2 Å². The van der Waals surface area contributed by atoms with Crippen LogP contribution in [-0.2, 0) is 12.6 Å². The fraction of sp³-hybridized carbons (Fsp3) is 0.200. The van der Waals surface area contributed by atoms with E-state index < -0.39 is 11.7 Å². The molecule has 0 saturated carbocycles. The lowest BCUT2D eigenvalue weighted by atomic mass is 10.2. The third-order valence-electron chi connectivity index (χ3n) is 2.64. The van der Waals surface area contributed by atoms with Crippen molar-refractivity contribution in [1.82, 2.24) is 0 Å². The minimum Gasteiger partial charge on any atom is -0.493 e. The predicted molar refractivity (Wildman–Crippen MR) is 70.9 cm³/mol. The fourth-order valence-corrected chi connectivity index (χ4v) is 1.89. The first-order valence-electron chi connectivity index (χ1n) is 5.91. The molecule has 0 unspecified atom stereocenters. The van der Waals surface area contributed by atoms with Gasteiger partial charge in [0.1, 0.15) is 5.75 Å². The molecule has 20 heavy (non-hydrogen) atoms. The van der Waals surface area contributed by atoms with Gasteiger partial charge in [-0.05, 0) is 42.0 Å². The zero-order valence-corrected chi connectivity index (χ0v) is 11.1. The highest BCUT2D eigenvalue weighted by Gasteiger charge is 2.30. The molecule has 0 amide bonds. The number of hydrogen-bond donors (Lipinski definition) is 0. The van der Waals surface area contributed by atoms with Gasteiger partial charge in [-0.3, -0.25) is 0 Å². The Morgan fingerprint density at radius 3 is 2.65 bits per heavy atom. The van der Waals surface area contributed by atoms with E-state index in [1.165, 1.54) is 6.07 Å². The highest BCUT2D eigenvalue weighted by atomic mass is 35.5. The Labute approximate surface area is 119 Å². The molecular weight excluding hydrogens is 289 g/mol. The van der Waals surface area contributed by atoms with E-state index in [0.717, 1.165) is 17.7 Å². The number of halogens is 4. The van der Waals surface area contributed by atoms with Crippen molar-refractivity contribution in [2.45, 2.75) is 12.6 Å². The molecule has 2 aromatic carbocycles. The first-order chi connectivity index (χ1) is 9.45. The van der Waals surface area contributed by atoms with Crippen molar-refractivity contribution in [2.24, 2.45) is 0 Å². The molecule has 0 saturated heterocycles. The summed E-state index contributed by atoms with van der Waals surface area (Å²) in [6.07, 6.45) is -3.82. The monoisotopic (exact) mass is 299 g/mol. The second kappa shape index (κ2) is 6.18. The standard InChI is InChI=1S/C15H11ClF3O/c16-13-5-1-3-11(9-13)7-8-20-14-6-2-4-12(10-14)15(17,18)19/h1,3-6,9-10H,7-8H2. The van der Waals surface area contributed by atoms with E-state index >= 15 is 0 Å². The molecule has 0 bridgehead atoms. The Bertz CT molecular complexity index is 581. The Hall–Kier alpha value is -1.68. The summed E-state index contributed by atoms with van der Waals surface area (Å²) in [6.45, 7) is 0.273. The minimum atomic E-state index is -4.39. The van der Waals surface area contributed by atoms with Gasteiger partial charge in [-0.1, -0.05) is 23.7 Å². The van der Waals surface area contributed by atoms with Gasteiger partial charge in [0.25, 0.3) is 0 Å². The molecule has 1 radical (unpaired) electrons. The normalized spacial score (nSPS) is 11.4. The van der Waals surface area contributed by atoms with Crippen LogP contribution in [-0.4, -0.2) is 6.61 Å². The van der Waals surface area contributed by atoms with Crippen LogP contribution >= 0.6 is 11.6 Å². The largest absolute Gasteiger partial charge is 0.493 e. The van der Waals surface area contributed by atoms with Gasteiger partial charge in [-0.2, -0.15) is 13.2 Å². The molecule has 0 aliphatic rings. The fourth-order valence-electron chi connectivity index (χ4n) is 1.68. The zero-order valence-electron chi connectivity index (χ0n) is 10.4. The summed E-state index contributed by atoms with van der Waals surface area (Å²) in [5.41, 5.74) is 0.200. The lowest BCUT2D eigenvalue weighted by Gasteiger charge is -2.10. The third kappa shape index (κ3) is 4.17. The van der Waals surface area contributed by atoms with Crippen LogP contribution in [0.5, 0.6) is 5.75 Å². The van der Waals surface area contributed by atoms with Crippen molar-refractivity contribution in [2.75, 3.05) is 6.61 Å². The van der Waals surface area contributed by atoms with Crippen molar-refractivity contribution in [3.8, 4) is 5.75 Å². The van der Waals surface area contributed by atoms with Gasteiger partial charge in [0.05, 0.1) is 12.2 Å². The van der Waals surface area contributed by atoms with Gasteiger partial charge in [0.2, 0.25) is 0 Å². The summed E-state index contributed by atoms with van der Waals surface area (Å²) < 4.78 is 42.8. The van der Waals surface area contributed by atoms with Crippen LogP contribution in [0, 0.1) is 6.07 Å². The molecule has 5 heteroatoms. The van der Waals surface area contributed by atoms with Gasteiger partial charge < -0.3 is 4.74 Å². The van der Waals surface area contributed by atoms with Crippen LogP contribution in [0.1, 0.15) is 11.1 Å². The van der Waals surface area contributed by atoms with Crippen molar-refractivity contribution >= 4 is 11.6 Å². The summed E-state index contributed by atoms with van der Waals surface area (Å²) >= 11 is 5.84. The highest BCUT2D eigenvalue weighted by Crippen LogP contribution is 2.31. The molecule has 0 atom stereocenters. The Morgan fingerprint density at radius 2 is 1.95 bits per heavy atom. The topological polar surface area (TPSA) is 9.23 Å². The second-order valence-corrected chi connectivity index (χ2v) is 4.62. The van der Waals surface area contributed by atoms with E-state index in [2.05, 4.69) is 6.07 Å². The maximum atomic E-state index is 12.5. The zero-order chi connectivity index (χ0) is 14.6. The van der Waals surface area contributed by atoms with Crippen LogP contribution in [0.25, 0.3) is 0 Å². The Kier molecular flexibility index (Phi) is 4.55. The molecule has 2 rings (SSSR count). The van der Waals surface area contributed by atoms with Crippen LogP contribution < -0.4 is 4.74 Å². The maximum absolute atomic E-state index is 12.5. The highest BCUT2D eigenvalue weighted by molar-refractivity contribution is 6.30. The summed E-state index contributed by atoms with van der Waals surface area (Å²) in [7, 11) is 0. The molecule has 0 aromatic heterocycles. The molecule has 0 aliphatic heterocycles. The van der Waals surface area contributed by atoms with Crippen molar-refractivity contribution in [3.05, 3.63) is 64.7 Å². The molecule has 0 spiro atoms. The summed E-state index contributed by atoms with van der Waals surface area (Å²) in [4.78, 5) is 0. The molecule has 0 N–H and O–H groups in total. The van der Waals surface area contributed by atoms with Crippen molar-refractivity contribution in [3.63, 3.8) is 0 Å². The summed E-state index contributed by atoms with van der Waals surface area (Å²) in [6, 6.07) is 12.9. The van der Waals surface area contributed by atoms with E-state index in [-0.39, 0.29) is 12.4 Å². The van der Waals surface area contributed by atoms with Gasteiger partial charge in [-0.25, -0.2) is 0 Å². The molecule has 2 aromatic rings. The van der Waals surface area contributed by atoms with Crippen molar-refractivity contribution < 1.29 is 17.9 Å². The van der Waals surface area contributed by atoms with Gasteiger partial charge >= 0.3 is 6.18 Å². The first kappa shape index (κ1) is 14.7. The molecule has 1 nitrogen and oxygen atoms in total. The molecular formula is C15H11ClF3O. The minimum absolute atomic E-state index is 0.154. The number of alkyl halides is 3. The lowest BCUT2D eigenvalue weighted by molar-refractivity contribution is -0.137. The quantitative estimate of drug-likeness (QED) is 0.789. The Balaban J connectivity index is 1.94. The van der Waals surface area contributed by atoms with Crippen LogP contribution in [0.3, 0.4) is 0 Å². The van der Waals surface area contributed by atoms with Gasteiger partial charge in [-0.15, -0.1) is 0 Å². The average Bonchev–Trinajstić information content (AvgIpc) is 2.38. The number of rotatable bonds is 4. The smallest absolute Gasteiger partial charge is 0.416 e. The molecule has 0 fully saturated rings. The summed E-state index contributed by atoms with van der Waals surface area (Å²) in [5, 5.41) is 0.620. The van der Waals surface area contributed by atoms with Gasteiger partial charge in [0.15, 0.2) is 0 Å².